The molecule has 4 rings (SSSR count). The first-order chi connectivity index (χ1) is 10.2. The molecule has 3 unspecified atom stereocenters. The molecule has 112 valence electrons. The SMILES string of the molecule is Nc1cccc(CN(C(=O)C2CC3CCC2C3)C2CC2)c1. The van der Waals surface area contributed by atoms with E-state index >= 15 is 0 Å². The van der Waals surface area contributed by atoms with E-state index in [-0.39, 0.29) is 0 Å². The maximum absolute atomic E-state index is 13.0. The van der Waals surface area contributed by atoms with Gasteiger partial charge in [-0.2, -0.15) is 0 Å². The van der Waals surface area contributed by atoms with Gasteiger partial charge >= 0.3 is 0 Å². The summed E-state index contributed by atoms with van der Waals surface area (Å²) in [6.45, 7) is 0.739. The van der Waals surface area contributed by atoms with Crippen molar-refractivity contribution < 1.29 is 4.79 Å². The number of anilines is 1. The van der Waals surface area contributed by atoms with E-state index in [0.717, 1.165) is 24.6 Å². The first-order valence-corrected chi connectivity index (χ1v) is 8.35. The van der Waals surface area contributed by atoms with E-state index in [1.807, 2.05) is 18.2 Å². The Morgan fingerprint density at radius 2 is 2.05 bits per heavy atom. The van der Waals surface area contributed by atoms with Crippen LogP contribution < -0.4 is 5.73 Å². The quantitative estimate of drug-likeness (QED) is 0.863. The zero-order valence-electron chi connectivity index (χ0n) is 12.5. The van der Waals surface area contributed by atoms with Gasteiger partial charge in [-0.1, -0.05) is 18.6 Å². The minimum atomic E-state index is 0.311. The fourth-order valence-electron chi connectivity index (χ4n) is 4.42. The molecule has 2 bridgehead atoms. The molecule has 3 aliphatic rings. The van der Waals surface area contributed by atoms with Crippen molar-refractivity contribution in [3.8, 4) is 0 Å². The molecule has 3 heteroatoms. The third-order valence-electron chi connectivity index (χ3n) is 5.63. The number of benzene rings is 1. The van der Waals surface area contributed by atoms with Gasteiger partial charge in [-0.15, -0.1) is 0 Å². The van der Waals surface area contributed by atoms with E-state index in [0.29, 0.717) is 23.8 Å². The van der Waals surface area contributed by atoms with E-state index < -0.39 is 0 Å². The molecule has 3 atom stereocenters. The molecule has 1 aromatic rings. The molecular formula is C18H24N2O. The normalized spacial score (nSPS) is 30.6. The second-order valence-corrected chi connectivity index (χ2v) is 7.22. The number of carbonyl (C=O) groups excluding carboxylic acids is 1. The average molecular weight is 284 g/mol. The highest BCUT2D eigenvalue weighted by Gasteiger charge is 2.46. The Bertz CT molecular complexity index is 552. The lowest BCUT2D eigenvalue weighted by Gasteiger charge is -2.29. The van der Waals surface area contributed by atoms with Crippen molar-refractivity contribution in [2.24, 2.45) is 17.8 Å². The molecule has 21 heavy (non-hydrogen) atoms. The monoisotopic (exact) mass is 284 g/mol. The number of hydrogen-bond acceptors (Lipinski definition) is 2. The van der Waals surface area contributed by atoms with Crippen LogP contribution in [0.25, 0.3) is 0 Å². The van der Waals surface area contributed by atoms with Gasteiger partial charge in [0.05, 0.1) is 0 Å². The third kappa shape index (κ3) is 2.54. The van der Waals surface area contributed by atoms with Gasteiger partial charge in [0.25, 0.3) is 0 Å². The number of nitrogens with two attached hydrogens (primary N) is 1. The summed E-state index contributed by atoms with van der Waals surface area (Å²) in [5.74, 6) is 2.24. The molecule has 0 heterocycles. The summed E-state index contributed by atoms with van der Waals surface area (Å²) in [5, 5.41) is 0. The summed E-state index contributed by atoms with van der Waals surface area (Å²) in [6, 6.07) is 8.46. The number of nitrogen functional groups attached to an aromatic ring is 1. The Morgan fingerprint density at radius 3 is 2.67 bits per heavy atom. The predicted octanol–water partition coefficient (Wildman–Crippen LogP) is 3.20. The number of rotatable bonds is 4. The van der Waals surface area contributed by atoms with Gasteiger partial charge in [0.2, 0.25) is 5.91 Å². The first kappa shape index (κ1) is 13.2. The van der Waals surface area contributed by atoms with E-state index in [9.17, 15) is 4.79 Å². The van der Waals surface area contributed by atoms with E-state index in [4.69, 9.17) is 5.73 Å². The predicted molar refractivity (Wildman–Crippen MR) is 83.4 cm³/mol. The number of carbonyl (C=O) groups is 1. The molecule has 0 spiro atoms. The van der Waals surface area contributed by atoms with Crippen LogP contribution in [0, 0.1) is 17.8 Å². The molecule has 2 N–H and O–H groups in total. The van der Waals surface area contributed by atoms with Crippen LogP contribution in [0.1, 0.15) is 44.1 Å². The van der Waals surface area contributed by atoms with Crippen LogP contribution in [0.2, 0.25) is 0 Å². The molecule has 0 aromatic heterocycles. The number of hydrogen-bond donors (Lipinski definition) is 1. The number of amides is 1. The molecular weight excluding hydrogens is 260 g/mol. The minimum absolute atomic E-state index is 0.311. The van der Waals surface area contributed by atoms with Crippen LogP contribution >= 0.6 is 0 Å². The lowest BCUT2D eigenvalue weighted by Crippen LogP contribution is -2.39. The summed E-state index contributed by atoms with van der Waals surface area (Å²) in [4.78, 5) is 15.2. The molecule has 3 aliphatic carbocycles. The van der Waals surface area contributed by atoms with Gasteiger partial charge in [-0.25, -0.2) is 0 Å². The molecule has 0 radical (unpaired) electrons. The Labute approximate surface area is 126 Å². The van der Waals surface area contributed by atoms with Crippen molar-refractivity contribution in [2.45, 2.75) is 51.1 Å². The second kappa shape index (κ2) is 5.04. The smallest absolute Gasteiger partial charge is 0.226 e. The van der Waals surface area contributed by atoms with E-state index in [1.54, 1.807) is 0 Å². The van der Waals surface area contributed by atoms with Gasteiger partial charge in [0.1, 0.15) is 0 Å². The lowest BCUT2D eigenvalue weighted by atomic mass is 9.87. The summed E-state index contributed by atoms with van der Waals surface area (Å²) in [7, 11) is 0. The van der Waals surface area contributed by atoms with Gasteiger partial charge < -0.3 is 10.6 Å². The lowest BCUT2D eigenvalue weighted by molar-refractivity contribution is -0.138. The van der Waals surface area contributed by atoms with Crippen LogP contribution in [0.4, 0.5) is 5.69 Å². The van der Waals surface area contributed by atoms with Crippen molar-refractivity contribution >= 4 is 11.6 Å². The summed E-state index contributed by atoms with van der Waals surface area (Å²) in [6.07, 6.45) is 7.42. The summed E-state index contributed by atoms with van der Waals surface area (Å²) in [5.41, 5.74) is 7.82. The third-order valence-corrected chi connectivity index (χ3v) is 5.63. The molecule has 1 amide bonds. The number of nitrogens with zero attached hydrogens (tertiary/aromatic N) is 1. The van der Waals surface area contributed by atoms with E-state index in [1.165, 1.54) is 37.7 Å². The Balaban J connectivity index is 1.50. The Kier molecular flexibility index (Phi) is 3.16. The van der Waals surface area contributed by atoms with Crippen LogP contribution in [0.5, 0.6) is 0 Å². The van der Waals surface area contributed by atoms with Crippen LogP contribution in [-0.4, -0.2) is 16.8 Å². The standard InChI is InChI=1S/C18H24N2O/c19-15-3-1-2-13(9-15)11-20(16-6-7-16)18(21)17-10-12-4-5-14(17)8-12/h1-3,9,12,14,16-17H,4-8,10-11,19H2. The van der Waals surface area contributed by atoms with Crippen molar-refractivity contribution in [3.05, 3.63) is 29.8 Å². The maximum Gasteiger partial charge on any atom is 0.226 e. The number of fused-ring (bicyclic) bond motifs is 2. The van der Waals surface area contributed by atoms with Crippen molar-refractivity contribution in [2.75, 3.05) is 5.73 Å². The minimum Gasteiger partial charge on any atom is -0.399 e. The zero-order chi connectivity index (χ0) is 14.4. The van der Waals surface area contributed by atoms with Gasteiger partial charge in [-0.3, -0.25) is 4.79 Å². The van der Waals surface area contributed by atoms with Crippen LogP contribution in [-0.2, 0) is 11.3 Å². The van der Waals surface area contributed by atoms with Gasteiger partial charge in [0.15, 0.2) is 0 Å². The first-order valence-electron chi connectivity index (χ1n) is 8.35. The fraction of sp³-hybridized carbons (Fsp3) is 0.611. The van der Waals surface area contributed by atoms with Crippen molar-refractivity contribution in [3.63, 3.8) is 0 Å². The second-order valence-electron chi connectivity index (χ2n) is 7.22. The van der Waals surface area contributed by atoms with Gasteiger partial charge in [0, 0.05) is 24.2 Å². The fourth-order valence-corrected chi connectivity index (χ4v) is 4.42. The van der Waals surface area contributed by atoms with E-state index in [2.05, 4.69) is 11.0 Å². The topological polar surface area (TPSA) is 46.3 Å². The Hall–Kier alpha value is -1.51. The van der Waals surface area contributed by atoms with Crippen molar-refractivity contribution in [1.29, 1.82) is 0 Å². The molecule has 0 aliphatic heterocycles. The highest BCUT2D eigenvalue weighted by atomic mass is 16.2. The molecule has 3 fully saturated rings. The molecule has 3 nitrogen and oxygen atoms in total. The van der Waals surface area contributed by atoms with Gasteiger partial charge in [-0.05, 0) is 61.6 Å². The van der Waals surface area contributed by atoms with Crippen LogP contribution in [0.15, 0.2) is 24.3 Å². The van der Waals surface area contributed by atoms with Crippen molar-refractivity contribution in [1.82, 2.24) is 4.90 Å². The largest absolute Gasteiger partial charge is 0.399 e. The molecule has 1 aromatic carbocycles. The average Bonchev–Trinajstić information content (AvgIpc) is 3.10. The Morgan fingerprint density at radius 1 is 1.19 bits per heavy atom. The molecule has 0 saturated heterocycles. The molecule has 3 saturated carbocycles. The summed E-state index contributed by atoms with van der Waals surface area (Å²) >= 11 is 0. The summed E-state index contributed by atoms with van der Waals surface area (Å²) < 4.78 is 0. The highest BCUT2D eigenvalue weighted by molar-refractivity contribution is 5.80. The maximum atomic E-state index is 13.0. The van der Waals surface area contributed by atoms with Crippen LogP contribution in [0.3, 0.4) is 0 Å². The highest BCUT2D eigenvalue weighted by Crippen LogP contribution is 2.49. The zero-order valence-corrected chi connectivity index (χ0v) is 12.5.